The van der Waals surface area contributed by atoms with Gasteiger partial charge in [0.1, 0.15) is 17.2 Å². The molecule has 2 heterocycles. The van der Waals surface area contributed by atoms with Gasteiger partial charge in [-0.3, -0.25) is 9.20 Å². The number of halogens is 1. The summed E-state index contributed by atoms with van der Waals surface area (Å²) in [4.78, 5) is 16.9. The van der Waals surface area contributed by atoms with Crippen molar-refractivity contribution in [3.63, 3.8) is 0 Å². The Bertz CT molecular complexity index is 907. The van der Waals surface area contributed by atoms with Crippen LogP contribution in [-0.4, -0.2) is 21.6 Å². The average molecular weight is 316 g/mol. The highest BCUT2D eigenvalue weighted by atomic mass is 19.1. The monoisotopic (exact) mass is 316 g/mol. The lowest BCUT2D eigenvalue weighted by Crippen LogP contribution is -2.22. The number of nitrogens with one attached hydrogen (secondary N) is 1. The Hall–Kier alpha value is -2.93. The number of fused-ring (bicyclic) bond motifs is 1. The van der Waals surface area contributed by atoms with Crippen LogP contribution in [0.2, 0.25) is 0 Å². The van der Waals surface area contributed by atoms with Gasteiger partial charge < -0.3 is 15.2 Å². The van der Waals surface area contributed by atoms with Crippen LogP contribution in [0.25, 0.3) is 5.65 Å². The lowest BCUT2D eigenvalue weighted by molar-refractivity contribution is 0.280. The van der Waals surface area contributed by atoms with Crippen molar-refractivity contribution in [2.24, 2.45) is 0 Å². The standard InChI is InChI=1S/C16H14FN3O3/c1-23-13-3-2-8-20-15(13)19-14(12(9-21)16(20)22)18-11-6-4-10(17)5-7-11/h2-8,18,21H,9H2,1H3/p+1. The Kier molecular flexibility index (Phi) is 3.94. The minimum Gasteiger partial charge on any atom is -0.493 e. The quantitative estimate of drug-likeness (QED) is 0.745. The maximum atomic E-state index is 13.0. The van der Waals surface area contributed by atoms with Crippen LogP contribution >= 0.6 is 0 Å². The number of pyridine rings is 1. The summed E-state index contributed by atoms with van der Waals surface area (Å²) in [6, 6.07) is 9.05. The molecule has 0 spiro atoms. The molecule has 3 rings (SSSR count). The summed E-state index contributed by atoms with van der Waals surface area (Å²) in [5, 5.41) is 10.6. The normalized spacial score (nSPS) is 10.7. The Labute approximate surface area is 130 Å². The van der Waals surface area contributed by atoms with Crippen LogP contribution in [-0.2, 0) is 6.61 Å². The maximum Gasteiger partial charge on any atom is 0.271 e. The Morgan fingerprint density at radius 2 is 2.04 bits per heavy atom. The maximum absolute atomic E-state index is 13.0. The van der Waals surface area contributed by atoms with Crippen molar-refractivity contribution in [2.75, 3.05) is 12.4 Å². The van der Waals surface area contributed by atoms with Crippen molar-refractivity contribution in [3.05, 3.63) is 64.3 Å². The molecule has 0 bridgehead atoms. The molecule has 0 aliphatic carbocycles. The van der Waals surface area contributed by atoms with Gasteiger partial charge in [-0.1, -0.05) is 0 Å². The highest BCUT2D eigenvalue weighted by molar-refractivity contribution is 5.64. The van der Waals surface area contributed by atoms with Crippen molar-refractivity contribution in [1.29, 1.82) is 0 Å². The first-order valence-corrected chi connectivity index (χ1v) is 6.89. The molecule has 0 saturated heterocycles. The van der Waals surface area contributed by atoms with E-state index in [4.69, 9.17) is 9.84 Å². The summed E-state index contributed by atoms with van der Waals surface area (Å²) in [5.74, 6) is 0.355. The molecule has 6 nitrogen and oxygen atoms in total. The highest BCUT2D eigenvalue weighted by Gasteiger charge is 2.16. The lowest BCUT2D eigenvalue weighted by Gasteiger charge is -2.12. The third-order valence-corrected chi connectivity index (χ3v) is 3.42. The van der Waals surface area contributed by atoms with E-state index in [1.807, 2.05) is 0 Å². The summed E-state index contributed by atoms with van der Waals surface area (Å²) in [5.41, 5.74) is 0.808. The van der Waals surface area contributed by atoms with Crippen LogP contribution in [0, 0.1) is 5.82 Å². The molecule has 7 heteroatoms. The fourth-order valence-electron chi connectivity index (χ4n) is 2.27. The van der Waals surface area contributed by atoms with Gasteiger partial charge in [0.05, 0.1) is 7.11 Å². The zero-order chi connectivity index (χ0) is 16.4. The molecule has 0 unspecified atom stereocenters. The number of anilines is 2. The smallest absolute Gasteiger partial charge is 0.271 e. The number of rotatable bonds is 4. The Morgan fingerprint density at radius 1 is 1.30 bits per heavy atom. The minimum atomic E-state index is -0.357. The van der Waals surface area contributed by atoms with E-state index in [2.05, 4.69) is 10.3 Å². The lowest BCUT2D eigenvalue weighted by atomic mass is 10.2. The molecule has 3 N–H and O–H groups in total. The molecule has 0 atom stereocenters. The van der Waals surface area contributed by atoms with E-state index in [9.17, 15) is 9.18 Å². The predicted octanol–water partition coefficient (Wildman–Crippen LogP) is 1.81. The number of methoxy groups -OCH3 is 1. The number of hydrogen-bond donors (Lipinski definition) is 1. The van der Waals surface area contributed by atoms with Crippen molar-refractivity contribution in [2.45, 2.75) is 6.61 Å². The zero-order valence-corrected chi connectivity index (χ0v) is 12.3. The molecule has 0 saturated carbocycles. The van der Waals surface area contributed by atoms with Gasteiger partial charge in [-0.05, 0) is 36.4 Å². The van der Waals surface area contributed by atoms with Gasteiger partial charge in [-0.15, -0.1) is 0 Å². The van der Waals surface area contributed by atoms with E-state index < -0.39 is 0 Å². The Balaban J connectivity index is 2.18. The summed E-state index contributed by atoms with van der Waals surface area (Å²) >= 11 is 0. The molecule has 2 aromatic heterocycles. The predicted molar refractivity (Wildman–Crippen MR) is 85.0 cm³/mol. The van der Waals surface area contributed by atoms with Crippen LogP contribution < -0.4 is 15.6 Å². The van der Waals surface area contributed by atoms with E-state index in [0.29, 0.717) is 17.1 Å². The summed E-state index contributed by atoms with van der Waals surface area (Å²) in [6.45, 7) is -0.227. The first-order valence-electron chi connectivity index (χ1n) is 6.89. The number of hydrogen-bond acceptors (Lipinski definition) is 4. The number of benzene rings is 1. The molecular formula is C16H15FN3O3+. The fourth-order valence-corrected chi connectivity index (χ4v) is 2.27. The molecule has 118 valence electrons. The first kappa shape index (κ1) is 15.0. The highest BCUT2D eigenvalue weighted by Crippen LogP contribution is 2.22. The third-order valence-electron chi connectivity index (χ3n) is 3.42. The molecule has 1 aromatic carbocycles. The summed E-state index contributed by atoms with van der Waals surface area (Å²) in [7, 11) is 1.49. The number of aromatic nitrogens is 2. The van der Waals surface area contributed by atoms with E-state index in [0.717, 1.165) is 0 Å². The second-order valence-electron chi connectivity index (χ2n) is 4.82. The molecule has 3 aromatic rings. The van der Waals surface area contributed by atoms with Crippen LogP contribution in [0.15, 0.2) is 47.4 Å². The molecular weight excluding hydrogens is 301 g/mol. The van der Waals surface area contributed by atoms with Gasteiger partial charge in [0.2, 0.25) is 0 Å². The third kappa shape index (κ3) is 2.74. The molecule has 0 radical (unpaired) electrons. The van der Waals surface area contributed by atoms with Crippen LogP contribution in [0.5, 0.6) is 5.75 Å². The van der Waals surface area contributed by atoms with Crippen molar-refractivity contribution in [1.82, 2.24) is 9.38 Å². The van der Waals surface area contributed by atoms with Gasteiger partial charge >= 0.3 is 0 Å². The van der Waals surface area contributed by atoms with Crippen molar-refractivity contribution in [3.8, 4) is 5.75 Å². The largest absolute Gasteiger partial charge is 0.493 e. The van der Waals surface area contributed by atoms with E-state index in [1.165, 1.54) is 35.8 Å². The molecule has 0 aliphatic rings. The van der Waals surface area contributed by atoms with Crippen molar-refractivity contribution >= 4 is 17.2 Å². The molecule has 0 aliphatic heterocycles. The molecule has 0 fully saturated rings. The van der Waals surface area contributed by atoms with Crippen molar-refractivity contribution < 1.29 is 14.2 Å². The van der Waals surface area contributed by atoms with Gasteiger partial charge in [0, 0.05) is 11.9 Å². The zero-order valence-electron chi connectivity index (χ0n) is 12.3. The van der Waals surface area contributed by atoms with Gasteiger partial charge in [-0.25, -0.2) is 9.37 Å². The Morgan fingerprint density at radius 3 is 2.70 bits per heavy atom. The van der Waals surface area contributed by atoms with Gasteiger partial charge in [0.25, 0.3) is 5.56 Å². The fraction of sp³-hybridized carbons (Fsp3) is 0.125. The van der Waals surface area contributed by atoms with Gasteiger partial charge in [-0.2, -0.15) is 0 Å². The topological polar surface area (TPSA) is 78.5 Å². The van der Waals surface area contributed by atoms with Crippen LogP contribution in [0.1, 0.15) is 5.56 Å². The second-order valence-corrected chi connectivity index (χ2v) is 4.82. The number of nitrogens with zero attached hydrogens (tertiary/aromatic N) is 2. The summed E-state index contributed by atoms with van der Waals surface area (Å²) in [6.07, 6.45) is 1.58. The average Bonchev–Trinajstić information content (AvgIpc) is 2.57. The van der Waals surface area contributed by atoms with Crippen LogP contribution in [0.3, 0.4) is 0 Å². The van der Waals surface area contributed by atoms with E-state index in [1.54, 1.807) is 18.3 Å². The summed E-state index contributed by atoms with van der Waals surface area (Å²) < 4.78 is 19.6. The molecule has 23 heavy (non-hydrogen) atoms. The van der Waals surface area contributed by atoms with E-state index >= 15 is 0 Å². The SMILES string of the molecule is COc1cccn2c(=O)c(C[OH2+])c(Nc3ccc(F)cc3)nc12. The number of ether oxygens (including phenoxy) is 1. The second kappa shape index (κ2) is 6.05. The van der Waals surface area contributed by atoms with Crippen LogP contribution in [0.4, 0.5) is 15.9 Å². The van der Waals surface area contributed by atoms with E-state index in [-0.39, 0.29) is 29.4 Å². The van der Waals surface area contributed by atoms with Gasteiger partial charge in [0.15, 0.2) is 18.0 Å². The minimum absolute atomic E-state index is 0.222. The first-order chi connectivity index (χ1) is 11.1. The molecule has 0 amide bonds.